The van der Waals surface area contributed by atoms with Gasteiger partial charge in [0.1, 0.15) is 0 Å². The van der Waals surface area contributed by atoms with E-state index in [0.29, 0.717) is 0 Å². The number of rotatable bonds is 4. The van der Waals surface area contributed by atoms with Gasteiger partial charge in [0.05, 0.1) is 0 Å². The van der Waals surface area contributed by atoms with Crippen molar-refractivity contribution in [3.8, 4) is 44.5 Å². The van der Waals surface area contributed by atoms with Gasteiger partial charge in [0.25, 0.3) is 0 Å². The van der Waals surface area contributed by atoms with E-state index in [1.165, 1.54) is 11.1 Å². The van der Waals surface area contributed by atoms with Crippen LogP contribution in [0.5, 0.6) is 0 Å². The highest BCUT2D eigenvalue weighted by Gasteiger charge is 2.11. The molecule has 0 atom stereocenters. The van der Waals surface area contributed by atoms with Crippen LogP contribution in [0.25, 0.3) is 44.5 Å². The predicted molar refractivity (Wildman–Crippen MR) is 137 cm³/mol. The average molecular weight is 413 g/mol. The summed E-state index contributed by atoms with van der Waals surface area (Å²) >= 11 is 0. The molecule has 4 N–H and O–H groups in total. The molecule has 154 valence electrons. The molecule has 2 nitrogen and oxygen atoms in total. The molecule has 0 unspecified atom stereocenters. The van der Waals surface area contributed by atoms with Crippen LogP contribution in [0.15, 0.2) is 121 Å². The molecule has 0 amide bonds. The zero-order chi connectivity index (χ0) is 21.9. The summed E-state index contributed by atoms with van der Waals surface area (Å²) in [5, 5.41) is 0. The monoisotopic (exact) mass is 412 g/mol. The Labute approximate surface area is 188 Å². The summed E-state index contributed by atoms with van der Waals surface area (Å²) in [4.78, 5) is 0. The van der Waals surface area contributed by atoms with Gasteiger partial charge in [-0.05, 0) is 57.1 Å². The normalized spacial score (nSPS) is 10.8. The molecule has 32 heavy (non-hydrogen) atoms. The molecule has 5 rings (SSSR count). The van der Waals surface area contributed by atoms with Crippen molar-refractivity contribution in [2.45, 2.75) is 0 Å². The van der Waals surface area contributed by atoms with E-state index in [1.807, 2.05) is 42.5 Å². The first-order valence-electron chi connectivity index (χ1n) is 10.7. The first kappa shape index (κ1) is 19.7. The van der Waals surface area contributed by atoms with Crippen molar-refractivity contribution >= 4 is 11.4 Å². The van der Waals surface area contributed by atoms with Gasteiger partial charge < -0.3 is 11.5 Å². The van der Waals surface area contributed by atoms with E-state index in [0.717, 1.165) is 44.8 Å². The summed E-state index contributed by atoms with van der Waals surface area (Å²) in [5.41, 5.74) is 23.0. The molecule has 5 aromatic carbocycles. The maximum atomic E-state index is 6.46. The molecule has 2 heteroatoms. The van der Waals surface area contributed by atoms with Gasteiger partial charge in [0, 0.05) is 16.9 Å². The Kier molecular flexibility index (Phi) is 5.19. The lowest BCUT2D eigenvalue weighted by Gasteiger charge is -2.14. The van der Waals surface area contributed by atoms with Crippen LogP contribution in [0, 0.1) is 0 Å². The standard InChI is InChI=1S/C30H24N2/c31-27-19-17-24(18-20-27)23-9-13-25(14-10-23)28-7-4-8-29(32)30(28)26-15-11-22(12-16-26)21-5-2-1-3-6-21/h1-20H,31-32H2. The molecule has 5 aromatic rings. The minimum absolute atomic E-state index is 0.771. The van der Waals surface area contributed by atoms with Crippen LogP contribution in [0.3, 0.4) is 0 Å². The Bertz CT molecular complexity index is 1340. The molecular formula is C30H24N2. The highest BCUT2D eigenvalue weighted by atomic mass is 14.6. The Balaban J connectivity index is 1.51. The van der Waals surface area contributed by atoms with Crippen molar-refractivity contribution in [3.05, 3.63) is 121 Å². The minimum Gasteiger partial charge on any atom is -0.399 e. The second-order valence-corrected chi connectivity index (χ2v) is 7.91. The Morgan fingerprint density at radius 1 is 0.344 bits per heavy atom. The zero-order valence-electron chi connectivity index (χ0n) is 17.7. The lowest BCUT2D eigenvalue weighted by molar-refractivity contribution is 1.56. The number of hydrogen-bond donors (Lipinski definition) is 2. The molecule has 0 saturated heterocycles. The van der Waals surface area contributed by atoms with Crippen LogP contribution in [-0.4, -0.2) is 0 Å². The predicted octanol–water partition coefficient (Wildman–Crippen LogP) is 7.52. The highest BCUT2D eigenvalue weighted by Crippen LogP contribution is 2.38. The molecular weight excluding hydrogens is 388 g/mol. The molecule has 0 saturated carbocycles. The SMILES string of the molecule is Nc1ccc(-c2ccc(-c3cccc(N)c3-c3ccc(-c4ccccc4)cc3)cc2)cc1. The van der Waals surface area contributed by atoms with Crippen molar-refractivity contribution in [1.29, 1.82) is 0 Å². The maximum Gasteiger partial charge on any atom is 0.0400 e. The van der Waals surface area contributed by atoms with E-state index < -0.39 is 0 Å². The second-order valence-electron chi connectivity index (χ2n) is 7.91. The lowest BCUT2D eigenvalue weighted by atomic mass is 9.91. The largest absolute Gasteiger partial charge is 0.399 e. The summed E-state index contributed by atoms with van der Waals surface area (Å²) in [6.07, 6.45) is 0. The van der Waals surface area contributed by atoms with Gasteiger partial charge >= 0.3 is 0 Å². The fourth-order valence-corrected chi connectivity index (χ4v) is 4.11. The fourth-order valence-electron chi connectivity index (χ4n) is 4.11. The van der Waals surface area contributed by atoms with Crippen molar-refractivity contribution < 1.29 is 0 Å². The van der Waals surface area contributed by atoms with E-state index in [1.54, 1.807) is 0 Å². The molecule has 0 aliphatic heterocycles. The summed E-state index contributed by atoms with van der Waals surface area (Å²) in [6.45, 7) is 0. The Morgan fingerprint density at radius 2 is 0.812 bits per heavy atom. The van der Waals surface area contributed by atoms with Gasteiger partial charge in [0.15, 0.2) is 0 Å². The fraction of sp³-hybridized carbons (Fsp3) is 0. The number of nitrogen functional groups attached to an aromatic ring is 2. The third-order valence-corrected chi connectivity index (χ3v) is 5.82. The van der Waals surface area contributed by atoms with Gasteiger partial charge in [-0.2, -0.15) is 0 Å². The molecule has 0 fully saturated rings. The first-order valence-corrected chi connectivity index (χ1v) is 10.7. The molecule has 0 heterocycles. The van der Waals surface area contributed by atoms with Crippen molar-refractivity contribution in [1.82, 2.24) is 0 Å². The number of benzene rings is 5. The minimum atomic E-state index is 0.771. The summed E-state index contributed by atoms with van der Waals surface area (Å²) < 4.78 is 0. The van der Waals surface area contributed by atoms with Crippen molar-refractivity contribution in [3.63, 3.8) is 0 Å². The second kappa shape index (κ2) is 8.44. The van der Waals surface area contributed by atoms with Gasteiger partial charge in [-0.25, -0.2) is 0 Å². The van der Waals surface area contributed by atoms with Crippen molar-refractivity contribution in [2.24, 2.45) is 0 Å². The van der Waals surface area contributed by atoms with Gasteiger partial charge in [-0.1, -0.05) is 103 Å². The maximum absolute atomic E-state index is 6.46. The Hall–Kier alpha value is -4.30. The van der Waals surface area contributed by atoms with Crippen LogP contribution in [0.2, 0.25) is 0 Å². The third-order valence-electron chi connectivity index (χ3n) is 5.82. The van der Waals surface area contributed by atoms with E-state index >= 15 is 0 Å². The lowest BCUT2D eigenvalue weighted by Crippen LogP contribution is -1.93. The van der Waals surface area contributed by atoms with E-state index in [-0.39, 0.29) is 0 Å². The summed E-state index contributed by atoms with van der Waals surface area (Å²) in [5.74, 6) is 0. The molecule has 0 aliphatic rings. The number of hydrogen-bond acceptors (Lipinski definition) is 2. The number of anilines is 2. The third kappa shape index (κ3) is 3.86. The molecule has 0 aliphatic carbocycles. The smallest absolute Gasteiger partial charge is 0.0400 e. The van der Waals surface area contributed by atoms with Crippen LogP contribution in [0.4, 0.5) is 11.4 Å². The molecule has 0 radical (unpaired) electrons. The topological polar surface area (TPSA) is 52.0 Å². The van der Waals surface area contributed by atoms with Crippen LogP contribution in [-0.2, 0) is 0 Å². The van der Waals surface area contributed by atoms with Crippen LogP contribution < -0.4 is 11.5 Å². The van der Waals surface area contributed by atoms with Crippen molar-refractivity contribution in [2.75, 3.05) is 11.5 Å². The summed E-state index contributed by atoms with van der Waals surface area (Å²) in [7, 11) is 0. The Morgan fingerprint density at radius 3 is 1.41 bits per heavy atom. The van der Waals surface area contributed by atoms with E-state index in [9.17, 15) is 0 Å². The molecule has 0 spiro atoms. The molecule has 0 aromatic heterocycles. The van der Waals surface area contributed by atoms with Gasteiger partial charge in [0.2, 0.25) is 0 Å². The zero-order valence-corrected chi connectivity index (χ0v) is 17.7. The van der Waals surface area contributed by atoms with Gasteiger partial charge in [-0.15, -0.1) is 0 Å². The summed E-state index contributed by atoms with van der Waals surface area (Å²) in [6, 6.07) is 41.7. The van der Waals surface area contributed by atoms with Crippen LogP contribution >= 0.6 is 0 Å². The van der Waals surface area contributed by atoms with Crippen LogP contribution in [0.1, 0.15) is 0 Å². The van der Waals surface area contributed by atoms with E-state index in [2.05, 4.69) is 78.9 Å². The van der Waals surface area contributed by atoms with E-state index in [4.69, 9.17) is 11.5 Å². The highest BCUT2D eigenvalue weighted by molar-refractivity contribution is 5.92. The average Bonchev–Trinajstić information content (AvgIpc) is 2.85. The molecule has 0 bridgehead atoms. The number of nitrogens with two attached hydrogens (primary N) is 2. The van der Waals surface area contributed by atoms with Gasteiger partial charge in [-0.3, -0.25) is 0 Å². The first-order chi connectivity index (χ1) is 15.7. The quantitative estimate of drug-likeness (QED) is 0.300.